The topological polar surface area (TPSA) is 74.1 Å². The highest BCUT2D eigenvalue weighted by atomic mass is 16.3. The minimum absolute atomic E-state index is 0.0327. The molecule has 0 saturated carbocycles. The first-order chi connectivity index (χ1) is 16.5. The fraction of sp³-hybridized carbons (Fsp3) is 0.370. The normalized spacial score (nSPS) is 16.9. The van der Waals surface area contributed by atoms with Crippen LogP contribution in [0.3, 0.4) is 0 Å². The second kappa shape index (κ2) is 9.43. The molecule has 1 fully saturated rings. The van der Waals surface area contributed by atoms with Crippen LogP contribution in [0.25, 0.3) is 10.8 Å². The molecular formula is C27H29N3O4. The van der Waals surface area contributed by atoms with E-state index < -0.39 is 0 Å². The van der Waals surface area contributed by atoms with Crippen LogP contribution in [0.2, 0.25) is 0 Å². The molecule has 3 amide bonds. The van der Waals surface area contributed by atoms with Gasteiger partial charge in [-0.3, -0.25) is 19.3 Å². The Balaban J connectivity index is 1.27. The molecule has 0 unspecified atom stereocenters. The lowest BCUT2D eigenvalue weighted by Gasteiger charge is -2.37. The number of amides is 3. The second-order valence-corrected chi connectivity index (χ2v) is 9.21. The van der Waals surface area contributed by atoms with Crippen LogP contribution in [-0.2, 0) is 11.3 Å². The fourth-order valence-electron chi connectivity index (χ4n) is 5.11. The summed E-state index contributed by atoms with van der Waals surface area (Å²) in [6.07, 6.45) is 4.17. The first kappa shape index (κ1) is 22.3. The predicted molar refractivity (Wildman–Crippen MR) is 128 cm³/mol. The number of rotatable bonds is 7. The van der Waals surface area contributed by atoms with Crippen LogP contribution in [0, 0.1) is 0 Å². The van der Waals surface area contributed by atoms with Crippen LogP contribution in [-0.4, -0.2) is 65.1 Å². The average molecular weight is 460 g/mol. The summed E-state index contributed by atoms with van der Waals surface area (Å²) >= 11 is 0. The zero-order valence-electron chi connectivity index (χ0n) is 19.4. The van der Waals surface area contributed by atoms with Crippen molar-refractivity contribution in [1.29, 1.82) is 0 Å². The fourth-order valence-corrected chi connectivity index (χ4v) is 5.11. The van der Waals surface area contributed by atoms with E-state index in [0.29, 0.717) is 24.1 Å². The largest absolute Gasteiger partial charge is 0.467 e. The van der Waals surface area contributed by atoms with Crippen LogP contribution in [0.1, 0.15) is 52.2 Å². The molecule has 34 heavy (non-hydrogen) atoms. The van der Waals surface area contributed by atoms with Gasteiger partial charge in [-0.05, 0) is 69.1 Å². The third-order valence-corrected chi connectivity index (χ3v) is 6.98. The van der Waals surface area contributed by atoms with Crippen LogP contribution in [0.4, 0.5) is 0 Å². The molecule has 1 aromatic heterocycles. The monoisotopic (exact) mass is 459 g/mol. The molecule has 1 saturated heterocycles. The van der Waals surface area contributed by atoms with Gasteiger partial charge in [0.05, 0.1) is 12.8 Å². The molecule has 2 aliphatic rings. The highest BCUT2D eigenvalue weighted by molar-refractivity contribution is 6.25. The maximum atomic E-state index is 13.3. The highest BCUT2D eigenvalue weighted by Crippen LogP contribution is 2.30. The van der Waals surface area contributed by atoms with E-state index in [1.807, 2.05) is 41.3 Å². The zero-order valence-corrected chi connectivity index (χ0v) is 19.4. The number of imide groups is 1. The Morgan fingerprint density at radius 3 is 2.29 bits per heavy atom. The predicted octanol–water partition coefficient (Wildman–Crippen LogP) is 3.93. The van der Waals surface area contributed by atoms with Gasteiger partial charge < -0.3 is 14.2 Å². The molecule has 176 valence electrons. The molecule has 5 rings (SSSR count). The van der Waals surface area contributed by atoms with E-state index in [9.17, 15) is 14.4 Å². The lowest BCUT2D eigenvalue weighted by Crippen LogP contribution is -2.46. The quantitative estimate of drug-likeness (QED) is 0.501. The van der Waals surface area contributed by atoms with Crippen molar-refractivity contribution in [3.8, 4) is 0 Å². The Bertz CT molecular complexity index is 1160. The van der Waals surface area contributed by atoms with Crippen LogP contribution >= 0.6 is 0 Å². The van der Waals surface area contributed by atoms with Crippen LogP contribution < -0.4 is 0 Å². The van der Waals surface area contributed by atoms with Gasteiger partial charge in [-0.1, -0.05) is 24.3 Å². The van der Waals surface area contributed by atoms with Gasteiger partial charge in [0.15, 0.2) is 0 Å². The lowest BCUT2D eigenvalue weighted by molar-refractivity contribution is -0.135. The third kappa shape index (κ3) is 4.23. The van der Waals surface area contributed by atoms with Crippen molar-refractivity contribution >= 4 is 28.5 Å². The van der Waals surface area contributed by atoms with Crippen LogP contribution in [0.5, 0.6) is 0 Å². The molecule has 0 radical (unpaired) electrons. The first-order valence-electron chi connectivity index (χ1n) is 11.9. The Hall–Kier alpha value is -3.45. The minimum atomic E-state index is -0.287. The summed E-state index contributed by atoms with van der Waals surface area (Å²) in [6, 6.07) is 14.9. The maximum Gasteiger partial charge on any atom is 0.261 e. The molecule has 0 spiro atoms. The standard InChI is InChI=1S/C27H29N3O4/c1-28-15-12-20(13-16-28)30(18-21-8-5-17-34-21)24(31)11-4-14-29-26(32)22-9-2-6-19-7-3-10-23(25(19)22)27(29)33/h2-3,5-10,17,20H,4,11-16,18H2,1H3. The van der Waals surface area contributed by atoms with E-state index in [4.69, 9.17) is 4.42 Å². The molecule has 7 nitrogen and oxygen atoms in total. The van der Waals surface area contributed by atoms with Gasteiger partial charge in [0.1, 0.15) is 5.76 Å². The van der Waals surface area contributed by atoms with E-state index in [0.717, 1.165) is 42.5 Å². The van der Waals surface area contributed by atoms with Crippen molar-refractivity contribution in [3.63, 3.8) is 0 Å². The number of nitrogens with zero attached hydrogens (tertiary/aromatic N) is 3. The van der Waals surface area contributed by atoms with Gasteiger partial charge in [-0.15, -0.1) is 0 Å². The summed E-state index contributed by atoms with van der Waals surface area (Å²) in [5.41, 5.74) is 1.09. The third-order valence-electron chi connectivity index (χ3n) is 6.98. The maximum absolute atomic E-state index is 13.3. The average Bonchev–Trinajstić information content (AvgIpc) is 3.37. The molecular weight excluding hydrogens is 430 g/mol. The molecule has 7 heteroatoms. The van der Waals surface area contributed by atoms with E-state index in [-0.39, 0.29) is 36.7 Å². The molecule has 2 aliphatic heterocycles. The molecule has 0 N–H and O–H groups in total. The number of carbonyl (C=O) groups excluding carboxylic acids is 3. The highest BCUT2D eigenvalue weighted by Gasteiger charge is 2.33. The van der Waals surface area contributed by atoms with Crippen molar-refractivity contribution in [2.45, 2.75) is 38.3 Å². The summed E-state index contributed by atoms with van der Waals surface area (Å²) in [6.45, 7) is 2.57. The SMILES string of the molecule is CN1CCC(N(Cc2ccco2)C(=O)CCCN2C(=O)c3cccc4cccc(c34)C2=O)CC1. The summed E-state index contributed by atoms with van der Waals surface area (Å²) in [7, 11) is 2.10. The van der Waals surface area contributed by atoms with Gasteiger partial charge in [0.2, 0.25) is 5.91 Å². The summed E-state index contributed by atoms with van der Waals surface area (Å²) in [5.74, 6) is 0.220. The van der Waals surface area contributed by atoms with Gasteiger partial charge in [0, 0.05) is 35.5 Å². The second-order valence-electron chi connectivity index (χ2n) is 9.21. The van der Waals surface area contributed by atoms with E-state index in [1.54, 1.807) is 18.4 Å². The van der Waals surface area contributed by atoms with Crippen molar-refractivity contribution in [2.75, 3.05) is 26.7 Å². The molecule has 2 aromatic carbocycles. The summed E-state index contributed by atoms with van der Waals surface area (Å²) in [5, 5.41) is 1.61. The molecule has 0 aliphatic carbocycles. The van der Waals surface area contributed by atoms with Gasteiger partial charge in [-0.2, -0.15) is 0 Å². The molecule has 3 aromatic rings. The number of benzene rings is 2. The van der Waals surface area contributed by atoms with Crippen molar-refractivity contribution < 1.29 is 18.8 Å². The van der Waals surface area contributed by atoms with E-state index in [1.165, 1.54) is 4.90 Å². The molecule has 0 bridgehead atoms. The number of furan rings is 1. The number of likely N-dealkylation sites (tertiary alicyclic amines) is 1. The number of piperidine rings is 1. The Labute approximate surface area is 198 Å². The smallest absolute Gasteiger partial charge is 0.261 e. The first-order valence-corrected chi connectivity index (χ1v) is 11.9. The van der Waals surface area contributed by atoms with Gasteiger partial charge in [-0.25, -0.2) is 0 Å². The number of hydrogen-bond acceptors (Lipinski definition) is 5. The summed E-state index contributed by atoms with van der Waals surface area (Å²) < 4.78 is 5.51. The Morgan fingerprint density at radius 2 is 1.68 bits per heavy atom. The lowest BCUT2D eigenvalue weighted by atomic mass is 9.94. The Kier molecular flexibility index (Phi) is 6.20. The van der Waals surface area contributed by atoms with Gasteiger partial charge in [0.25, 0.3) is 11.8 Å². The van der Waals surface area contributed by atoms with Crippen molar-refractivity contribution in [3.05, 3.63) is 71.7 Å². The van der Waals surface area contributed by atoms with E-state index in [2.05, 4.69) is 11.9 Å². The Morgan fingerprint density at radius 1 is 1.00 bits per heavy atom. The van der Waals surface area contributed by atoms with Gasteiger partial charge >= 0.3 is 0 Å². The molecule has 0 atom stereocenters. The molecule has 3 heterocycles. The number of carbonyl (C=O) groups is 3. The summed E-state index contributed by atoms with van der Waals surface area (Å²) in [4.78, 5) is 45.0. The van der Waals surface area contributed by atoms with Crippen molar-refractivity contribution in [1.82, 2.24) is 14.7 Å². The van der Waals surface area contributed by atoms with Crippen LogP contribution in [0.15, 0.2) is 59.2 Å². The van der Waals surface area contributed by atoms with Crippen molar-refractivity contribution in [2.24, 2.45) is 0 Å². The zero-order chi connectivity index (χ0) is 23.7. The minimum Gasteiger partial charge on any atom is -0.467 e. The van der Waals surface area contributed by atoms with E-state index >= 15 is 0 Å². The number of hydrogen-bond donors (Lipinski definition) is 0.